The topological polar surface area (TPSA) is 67.2 Å². The number of rotatable bonds is 5. The number of aromatic nitrogens is 1. The van der Waals surface area contributed by atoms with E-state index in [1.54, 1.807) is 20.1 Å². The first-order valence-corrected chi connectivity index (χ1v) is 11.7. The average molecular weight is 462 g/mol. The van der Waals surface area contributed by atoms with Gasteiger partial charge in [0.05, 0.1) is 12.7 Å². The SMILES string of the molecule is COc1ccc2c(c1)c(/C=C1\Oc3cc(O)c(C)cc3C1=O)c(C)n2CCN1CCN(C)CC1. The third-order valence-corrected chi connectivity index (χ3v) is 7.08. The van der Waals surface area contributed by atoms with E-state index < -0.39 is 0 Å². The lowest BCUT2D eigenvalue weighted by atomic mass is 10.0. The maximum absolute atomic E-state index is 13.1. The predicted molar refractivity (Wildman–Crippen MR) is 133 cm³/mol. The molecule has 2 aliphatic heterocycles. The van der Waals surface area contributed by atoms with Crippen LogP contribution in [0.1, 0.15) is 27.2 Å². The maximum Gasteiger partial charge on any atom is 0.231 e. The van der Waals surface area contributed by atoms with Crippen LogP contribution in [0.25, 0.3) is 17.0 Å². The van der Waals surface area contributed by atoms with Crippen LogP contribution in [0.5, 0.6) is 17.2 Å². The Bertz CT molecular complexity index is 1300. The maximum atomic E-state index is 13.1. The molecule has 5 rings (SSSR count). The third-order valence-electron chi connectivity index (χ3n) is 7.08. The van der Waals surface area contributed by atoms with Gasteiger partial charge >= 0.3 is 0 Å². The fourth-order valence-electron chi connectivity index (χ4n) is 4.86. The largest absolute Gasteiger partial charge is 0.508 e. The van der Waals surface area contributed by atoms with Gasteiger partial charge in [0.25, 0.3) is 0 Å². The van der Waals surface area contributed by atoms with Crippen LogP contribution < -0.4 is 9.47 Å². The second-order valence-corrected chi connectivity index (χ2v) is 9.25. The van der Waals surface area contributed by atoms with Crippen LogP contribution in [-0.2, 0) is 6.54 Å². The number of likely N-dealkylation sites (N-methyl/N-ethyl adjacent to an activating group) is 1. The van der Waals surface area contributed by atoms with Gasteiger partial charge in [0.2, 0.25) is 5.78 Å². The fourth-order valence-corrected chi connectivity index (χ4v) is 4.86. The monoisotopic (exact) mass is 461 g/mol. The number of phenols is 1. The number of piperazine rings is 1. The molecule has 7 heteroatoms. The van der Waals surface area contributed by atoms with Crippen LogP contribution in [-0.4, -0.2) is 72.1 Å². The van der Waals surface area contributed by atoms with E-state index in [4.69, 9.17) is 9.47 Å². The molecule has 3 heterocycles. The van der Waals surface area contributed by atoms with Crippen molar-refractivity contribution in [1.29, 1.82) is 0 Å². The molecule has 2 aliphatic rings. The number of carbonyl (C=O) groups excluding carboxylic acids is 1. The molecule has 178 valence electrons. The minimum Gasteiger partial charge on any atom is -0.508 e. The van der Waals surface area contributed by atoms with Gasteiger partial charge in [-0.2, -0.15) is 0 Å². The van der Waals surface area contributed by atoms with E-state index >= 15 is 0 Å². The predicted octanol–water partition coefficient (Wildman–Crippen LogP) is 3.84. The highest BCUT2D eigenvalue weighted by Crippen LogP contribution is 2.38. The van der Waals surface area contributed by atoms with Gasteiger partial charge in [0.15, 0.2) is 5.76 Å². The molecule has 0 radical (unpaired) electrons. The molecular weight excluding hydrogens is 430 g/mol. The molecule has 0 bridgehead atoms. The summed E-state index contributed by atoms with van der Waals surface area (Å²) in [5, 5.41) is 11.1. The number of hydrogen-bond acceptors (Lipinski definition) is 6. The molecule has 1 N–H and O–H groups in total. The number of phenolic OH excluding ortho intramolecular Hbond substituents is 1. The van der Waals surface area contributed by atoms with Crippen molar-refractivity contribution in [3.63, 3.8) is 0 Å². The minimum atomic E-state index is -0.168. The van der Waals surface area contributed by atoms with Crippen molar-refractivity contribution in [1.82, 2.24) is 14.4 Å². The second kappa shape index (κ2) is 8.81. The summed E-state index contributed by atoms with van der Waals surface area (Å²) in [5.41, 5.74) is 4.27. The summed E-state index contributed by atoms with van der Waals surface area (Å²) >= 11 is 0. The van der Waals surface area contributed by atoms with E-state index in [1.807, 2.05) is 18.2 Å². The van der Waals surface area contributed by atoms with Crippen LogP contribution in [0.2, 0.25) is 0 Å². The number of Topliss-reactive ketones (excluding diaryl/α,β-unsaturated/α-hetero) is 1. The molecule has 2 aromatic carbocycles. The third kappa shape index (κ3) is 3.95. The van der Waals surface area contributed by atoms with Gasteiger partial charge in [-0.15, -0.1) is 0 Å². The van der Waals surface area contributed by atoms with E-state index in [-0.39, 0.29) is 17.3 Å². The highest BCUT2D eigenvalue weighted by Gasteiger charge is 2.29. The molecule has 0 unspecified atom stereocenters. The lowest BCUT2D eigenvalue weighted by Gasteiger charge is -2.32. The van der Waals surface area contributed by atoms with Crippen molar-refractivity contribution in [3.8, 4) is 17.2 Å². The molecule has 1 saturated heterocycles. The Morgan fingerprint density at radius 1 is 1.09 bits per heavy atom. The van der Waals surface area contributed by atoms with Crippen LogP contribution >= 0.6 is 0 Å². The number of carbonyl (C=O) groups is 1. The molecule has 0 amide bonds. The lowest BCUT2D eigenvalue weighted by molar-refractivity contribution is 0.101. The van der Waals surface area contributed by atoms with Gasteiger partial charge in [-0.05, 0) is 56.8 Å². The lowest BCUT2D eigenvalue weighted by Crippen LogP contribution is -2.45. The Hall–Kier alpha value is -3.29. The summed E-state index contributed by atoms with van der Waals surface area (Å²) < 4.78 is 13.7. The van der Waals surface area contributed by atoms with Gasteiger partial charge in [-0.1, -0.05) is 0 Å². The highest BCUT2D eigenvalue weighted by molar-refractivity contribution is 6.15. The molecular formula is C27H31N3O4. The zero-order valence-electron chi connectivity index (χ0n) is 20.2. The normalized spacial score (nSPS) is 18.0. The number of aryl methyl sites for hydroxylation is 1. The number of nitrogens with zero attached hydrogens (tertiary/aromatic N) is 3. The van der Waals surface area contributed by atoms with Gasteiger partial charge in [-0.25, -0.2) is 0 Å². The van der Waals surface area contributed by atoms with Gasteiger partial charge < -0.3 is 24.0 Å². The Balaban J connectivity index is 1.52. The van der Waals surface area contributed by atoms with Crippen molar-refractivity contribution in [2.45, 2.75) is 20.4 Å². The van der Waals surface area contributed by atoms with Gasteiger partial charge in [0, 0.05) is 67.5 Å². The van der Waals surface area contributed by atoms with Crippen LogP contribution in [0.4, 0.5) is 0 Å². The summed E-state index contributed by atoms with van der Waals surface area (Å²) in [5.74, 6) is 1.39. The average Bonchev–Trinajstić information content (AvgIpc) is 3.27. The molecule has 0 aliphatic carbocycles. The number of ether oxygens (including phenoxy) is 2. The van der Waals surface area contributed by atoms with Crippen molar-refractivity contribution in [2.24, 2.45) is 0 Å². The number of aromatic hydroxyl groups is 1. The Labute approximate surface area is 199 Å². The van der Waals surface area contributed by atoms with Crippen LogP contribution in [0.15, 0.2) is 36.1 Å². The molecule has 3 aromatic rings. The molecule has 1 fully saturated rings. The second-order valence-electron chi connectivity index (χ2n) is 9.25. The summed E-state index contributed by atoms with van der Waals surface area (Å²) in [6.07, 6.45) is 1.83. The first-order chi connectivity index (χ1) is 16.4. The Morgan fingerprint density at radius 3 is 2.59 bits per heavy atom. The number of fused-ring (bicyclic) bond motifs is 2. The van der Waals surface area contributed by atoms with Crippen LogP contribution in [0, 0.1) is 13.8 Å². The van der Waals surface area contributed by atoms with Gasteiger partial charge in [0.1, 0.15) is 17.2 Å². The molecule has 7 nitrogen and oxygen atoms in total. The summed E-state index contributed by atoms with van der Waals surface area (Å²) in [7, 11) is 3.83. The smallest absolute Gasteiger partial charge is 0.231 e. The number of allylic oxidation sites excluding steroid dienone is 1. The standard InChI is InChI=1S/C27H31N3O4/c1-17-13-22-25(16-24(17)31)34-26(27(22)32)15-20-18(2)30(12-11-29-9-7-28(3)8-10-29)23-6-5-19(33-4)14-21(20)23/h5-6,13-16,31H,7-12H2,1-4H3/b26-15-. The molecule has 0 saturated carbocycles. The summed E-state index contributed by atoms with van der Waals surface area (Å²) in [4.78, 5) is 17.9. The van der Waals surface area contributed by atoms with Gasteiger partial charge in [-0.3, -0.25) is 9.69 Å². The minimum absolute atomic E-state index is 0.120. The van der Waals surface area contributed by atoms with Crippen molar-refractivity contribution >= 4 is 22.8 Å². The number of ketones is 1. The number of hydrogen-bond donors (Lipinski definition) is 1. The Kier molecular flexibility index (Phi) is 5.83. The summed E-state index contributed by atoms with van der Waals surface area (Å²) in [6.45, 7) is 10.0. The molecule has 0 spiro atoms. The first kappa shape index (κ1) is 22.5. The molecule has 34 heavy (non-hydrogen) atoms. The number of benzene rings is 2. The fraction of sp³-hybridized carbons (Fsp3) is 0.370. The zero-order chi connectivity index (χ0) is 24.0. The highest BCUT2D eigenvalue weighted by atomic mass is 16.5. The van der Waals surface area contributed by atoms with E-state index in [1.165, 1.54) is 6.07 Å². The Morgan fingerprint density at radius 2 is 1.85 bits per heavy atom. The van der Waals surface area contributed by atoms with E-state index in [9.17, 15) is 9.90 Å². The summed E-state index contributed by atoms with van der Waals surface area (Å²) in [6, 6.07) is 9.27. The van der Waals surface area contributed by atoms with E-state index in [0.29, 0.717) is 16.9 Å². The molecule has 0 atom stereocenters. The molecule has 1 aromatic heterocycles. The van der Waals surface area contributed by atoms with Crippen molar-refractivity contribution in [2.75, 3.05) is 46.9 Å². The van der Waals surface area contributed by atoms with Crippen LogP contribution in [0.3, 0.4) is 0 Å². The van der Waals surface area contributed by atoms with E-state index in [0.717, 1.165) is 67.2 Å². The van der Waals surface area contributed by atoms with E-state index in [2.05, 4.69) is 34.4 Å². The van der Waals surface area contributed by atoms with Crippen molar-refractivity contribution in [3.05, 3.63) is 58.5 Å². The quantitative estimate of drug-likeness (QED) is 0.583. The van der Waals surface area contributed by atoms with Crippen molar-refractivity contribution < 1.29 is 19.4 Å². The first-order valence-electron chi connectivity index (χ1n) is 11.7. The zero-order valence-corrected chi connectivity index (χ0v) is 20.2. The number of methoxy groups -OCH3 is 1.